The van der Waals surface area contributed by atoms with Gasteiger partial charge in [-0.25, -0.2) is 19.5 Å². The third kappa shape index (κ3) is 3.39. The number of aromatic nitrogens is 3. The van der Waals surface area contributed by atoms with Gasteiger partial charge < -0.3 is 5.73 Å². The summed E-state index contributed by atoms with van der Waals surface area (Å²) in [5.41, 5.74) is 10.9. The number of nitrogens with two attached hydrogens (primary N) is 1. The molecule has 9 heteroatoms. The number of hydrazone groups is 1. The van der Waals surface area contributed by atoms with Crippen LogP contribution < -0.4 is 11.2 Å². The van der Waals surface area contributed by atoms with Crippen LogP contribution in [-0.2, 0) is 4.79 Å². The van der Waals surface area contributed by atoms with Crippen LogP contribution >= 0.6 is 11.6 Å². The first kappa shape index (κ1) is 17.2. The highest BCUT2D eigenvalue weighted by Gasteiger charge is 2.19. The Bertz CT molecular complexity index is 1080. The number of rotatable bonds is 2. The first-order valence-electron chi connectivity index (χ1n) is 8.14. The fraction of sp³-hybridized carbons (Fsp3) is 0.111. The number of nitrogens with one attached hydrogen (secondary N) is 1. The molecule has 0 fully saturated rings. The molecule has 27 heavy (non-hydrogen) atoms. The van der Waals surface area contributed by atoms with Crippen LogP contribution in [0.1, 0.15) is 12.8 Å². The third-order valence-electron chi connectivity index (χ3n) is 4.15. The lowest BCUT2D eigenvalue weighted by Crippen LogP contribution is -2.29. The van der Waals surface area contributed by atoms with Crippen molar-refractivity contribution < 1.29 is 9.18 Å². The van der Waals surface area contributed by atoms with Crippen molar-refractivity contribution in [1.29, 1.82) is 0 Å². The van der Waals surface area contributed by atoms with Crippen molar-refractivity contribution in [3.8, 4) is 22.4 Å². The smallest absolute Gasteiger partial charge is 0.240 e. The highest BCUT2D eigenvalue weighted by molar-refractivity contribution is 6.30. The van der Waals surface area contributed by atoms with E-state index in [1.54, 1.807) is 35.3 Å². The summed E-state index contributed by atoms with van der Waals surface area (Å²) >= 11 is 5.80. The molecule has 3 aromatic rings. The van der Waals surface area contributed by atoms with Crippen LogP contribution in [0, 0.1) is 5.82 Å². The number of hydrogen-bond acceptors (Lipinski definition) is 5. The Morgan fingerprint density at radius 3 is 2.74 bits per heavy atom. The van der Waals surface area contributed by atoms with Gasteiger partial charge in [-0.2, -0.15) is 10.2 Å². The summed E-state index contributed by atoms with van der Waals surface area (Å²) in [5.74, 6) is 0.258. The number of halogens is 2. The topological polar surface area (TPSA) is 98.2 Å². The number of hydrogen-bond donors (Lipinski definition) is 2. The van der Waals surface area contributed by atoms with E-state index in [-0.39, 0.29) is 10.9 Å². The Hall–Kier alpha value is -3.26. The minimum Gasteiger partial charge on any atom is -0.384 e. The minimum absolute atomic E-state index is 0.0345. The van der Waals surface area contributed by atoms with Crippen molar-refractivity contribution in [2.45, 2.75) is 12.8 Å². The van der Waals surface area contributed by atoms with Gasteiger partial charge in [0.25, 0.3) is 0 Å². The minimum atomic E-state index is -0.536. The molecule has 0 bridgehead atoms. The third-order valence-corrected chi connectivity index (χ3v) is 4.46. The van der Waals surface area contributed by atoms with Crippen LogP contribution in [0.25, 0.3) is 22.4 Å². The molecule has 0 radical (unpaired) electrons. The number of benzene rings is 1. The molecule has 1 aromatic carbocycles. The second-order valence-electron chi connectivity index (χ2n) is 6.00. The molecule has 0 unspecified atom stereocenters. The molecule has 7 nitrogen and oxygen atoms in total. The Kier molecular flexibility index (Phi) is 4.33. The van der Waals surface area contributed by atoms with Gasteiger partial charge in [0.05, 0.1) is 5.02 Å². The van der Waals surface area contributed by atoms with Crippen LogP contribution in [0.4, 0.5) is 10.2 Å². The normalized spacial score (nSPS) is 14.0. The SMILES string of the molecule is Nc1cc(-c2cn(C3=NNC(=O)CC3)nc2-c2ccc(Cl)c(F)c2)ccn1. The monoisotopic (exact) mass is 384 g/mol. The van der Waals surface area contributed by atoms with Crippen molar-refractivity contribution in [1.82, 2.24) is 20.2 Å². The highest BCUT2D eigenvalue weighted by atomic mass is 35.5. The zero-order valence-corrected chi connectivity index (χ0v) is 14.7. The highest BCUT2D eigenvalue weighted by Crippen LogP contribution is 2.33. The van der Waals surface area contributed by atoms with Gasteiger partial charge in [0, 0.05) is 36.4 Å². The lowest BCUT2D eigenvalue weighted by atomic mass is 10.0. The van der Waals surface area contributed by atoms with Crippen molar-refractivity contribution in [2.24, 2.45) is 5.10 Å². The molecular weight excluding hydrogens is 371 g/mol. The van der Waals surface area contributed by atoms with E-state index in [2.05, 4.69) is 20.6 Å². The molecule has 0 spiro atoms. The second kappa shape index (κ2) is 6.81. The Morgan fingerprint density at radius 2 is 2.04 bits per heavy atom. The number of amides is 1. The number of carbonyl (C=O) groups excluding carboxylic acids is 1. The number of pyridine rings is 1. The zero-order chi connectivity index (χ0) is 19.0. The molecule has 0 aliphatic carbocycles. The van der Waals surface area contributed by atoms with Gasteiger partial charge in [0.15, 0.2) is 5.84 Å². The van der Waals surface area contributed by atoms with Gasteiger partial charge in [-0.15, -0.1) is 0 Å². The van der Waals surface area contributed by atoms with Crippen molar-refractivity contribution >= 4 is 29.2 Å². The largest absolute Gasteiger partial charge is 0.384 e. The van der Waals surface area contributed by atoms with Gasteiger partial charge in [-0.3, -0.25) is 4.79 Å². The molecule has 2 aromatic heterocycles. The quantitative estimate of drug-likeness (QED) is 0.709. The van der Waals surface area contributed by atoms with Crippen LogP contribution in [-0.4, -0.2) is 26.5 Å². The summed E-state index contributed by atoms with van der Waals surface area (Å²) in [4.78, 5) is 15.3. The first-order valence-corrected chi connectivity index (χ1v) is 8.52. The van der Waals surface area contributed by atoms with Crippen molar-refractivity contribution in [3.05, 3.63) is 53.6 Å². The summed E-state index contributed by atoms with van der Waals surface area (Å²) < 4.78 is 15.6. The summed E-state index contributed by atoms with van der Waals surface area (Å²) in [7, 11) is 0. The number of anilines is 1. The summed E-state index contributed by atoms with van der Waals surface area (Å²) in [5, 5.41) is 8.66. The molecule has 136 valence electrons. The van der Waals surface area contributed by atoms with E-state index in [9.17, 15) is 9.18 Å². The lowest BCUT2D eigenvalue weighted by Gasteiger charge is -2.11. The molecule has 0 saturated heterocycles. The van der Waals surface area contributed by atoms with Gasteiger partial charge in [0.2, 0.25) is 5.91 Å². The van der Waals surface area contributed by atoms with Gasteiger partial charge in [0.1, 0.15) is 17.3 Å². The molecule has 3 heterocycles. The van der Waals surface area contributed by atoms with Gasteiger partial charge in [-0.05, 0) is 29.8 Å². The lowest BCUT2D eigenvalue weighted by molar-refractivity contribution is -0.121. The second-order valence-corrected chi connectivity index (χ2v) is 6.40. The molecule has 1 aliphatic heterocycles. The predicted molar refractivity (Wildman–Crippen MR) is 100 cm³/mol. The molecule has 1 aliphatic rings. The van der Waals surface area contributed by atoms with E-state index in [1.807, 2.05) is 0 Å². The molecule has 0 saturated carbocycles. The van der Waals surface area contributed by atoms with E-state index in [1.165, 1.54) is 12.1 Å². The van der Waals surface area contributed by atoms with Gasteiger partial charge in [-0.1, -0.05) is 17.7 Å². The van der Waals surface area contributed by atoms with E-state index >= 15 is 0 Å². The molecule has 1 amide bonds. The average Bonchev–Trinajstić information content (AvgIpc) is 3.10. The fourth-order valence-electron chi connectivity index (χ4n) is 2.82. The summed E-state index contributed by atoms with van der Waals surface area (Å²) in [6.45, 7) is 0. The van der Waals surface area contributed by atoms with E-state index < -0.39 is 5.82 Å². The number of nitrogen functional groups attached to an aromatic ring is 1. The van der Waals surface area contributed by atoms with Crippen LogP contribution in [0.5, 0.6) is 0 Å². The van der Waals surface area contributed by atoms with Gasteiger partial charge >= 0.3 is 0 Å². The number of carbonyl (C=O) groups is 1. The van der Waals surface area contributed by atoms with Crippen LogP contribution in [0.3, 0.4) is 0 Å². The maximum atomic E-state index is 14.0. The van der Waals surface area contributed by atoms with E-state index in [0.717, 1.165) is 11.1 Å². The maximum Gasteiger partial charge on any atom is 0.240 e. The maximum absolute atomic E-state index is 14.0. The van der Waals surface area contributed by atoms with Crippen molar-refractivity contribution in [3.63, 3.8) is 0 Å². The molecule has 0 atom stereocenters. The number of nitrogens with zero attached hydrogens (tertiary/aromatic N) is 4. The fourth-order valence-corrected chi connectivity index (χ4v) is 2.94. The van der Waals surface area contributed by atoms with Crippen molar-refractivity contribution in [2.75, 3.05) is 5.73 Å². The van der Waals surface area contributed by atoms with E-state index in [0.29, 0.717) is 35.8 Å². The Balaban J connectivity index is 1.87. The zero-order valence-electron chi connectivity index (χ0n) is 14.0. The summed E-state index contributed by atoms with van der Waals surface area (Å²) in [6.07, 6.45) is 4.13. The average molecular weight is 385 g/mol. The standard InChI is InChI=1S/C18H14ClFN6O/c19-13-2-1-11(7-14(13)20)18-12(10-5-6-22-15(21)8-10)9-26(25-18)16-3-4-17(27)24-23-16/h1-2,5-9H,3-4H2,(H2,21,22)(H,24,27). The molecular formula is C18H14ClFN6O. The summed E-state index contributed by atoms with van der Waals surface area (Å²) in [6, 6.07) is 8.00. The predicted octanol–water partition coefficient (Wildman–Crippen LogP) is 3.06. The Morgan fingerprint density at radius 1 is 1.19 bits per heavy atom. The molecule has 3 N–H and O–H groups in total. The Labute approximate surface area is 158 Å². The van der Waals surface area contributed by atoms with E-state index in [4.69, 9.17) is 17.3 Å². The first-order chi connectivity index (χ1) is 13.0. The van der Waals surface area contributed by atoms with Crippen LogP contribution in [0.2, 0.25) is 5.02 Å². The van der Waals surface area contributed by atoms with Crippen LogP contribution in [0.15, 0.2) is 47.8 Å². The molecule has 4 rings (SSSR count).